The van der Waals surface area contributed by atoms with Gasteiger partial charge < -0.3 is 11.1 Å². The fourth-order valence-electron chi connectivity index (χ4n) is 1.78. The lowest BCUT2D eigenvalue weighted by molar-refractivity contribution is 0.0951. The molecule has 0 saturated heterocycles. The standard InChI is InChI=1S/C15H15FN2O/c1-10-6-7-14(17)12(8-10)15(19)18-9-11-4-2-3-5-13(11)16/h2-8H,9,17H2,1H3,(H,18,19). The van der Waals surface area contributed by atoms with Crippen LogP contribution in [0.3, 0.4) is 0 Å². The van der Waals surface area contributed by atoms with Gasteiger partial charge in [0, 0.05) is 17.8 Å². The van der Waals surface area contributed by atoms with Crippen LogP contribution < -0.4 is 11.1 Å². The Morgan fingerprint density at radius 2 is 2.00 bits per heavy atom. The summed E-state index contributed by atoms with van der Waals surface area (Å²) >= 11 is 0. The third-order valence-electron chi connectivity index (χ3n) is 2.85. The highest BCUT2D eigenvalue weighted by Gasteiger charge is 2.10. The van der Waals surface area contributed by atoms with Crippen LogP contribution in [0.1, 0.15) is 21.5 Å². The molecule has 0 aliphatic heterocycles. The first-order valence-electron chi connectivity index (χ1n) is 5.95. The molecule has 0 spiro atoms. The maximum atomic E-state index is 13.4. The van der Waals surface area contributed by atoms with E-state index in [-0.39, 0.29) is 18.3 Å². The summed E-state index contributed by atoms with van der Waals surface area (Å²) in [5.41, 5.74) is 7.98. The Morgan fingerprint density at radius 1 is 1.26 bits per heavy atom. The van der Waals surface area contributed by atoms with Gasteiger partial charge in [-0.3, -0.25) is 4.79 Å². The maximum absolute atomic E-state index is 13.4. The van der Waals surface area contributed by atoms with E-state index in [1.165, 1.54) is 6.07 Å². The number of hydrogen-bond acceptors (Lipinski definition) is 2. The number of benzene rings is 2. The molecule has 0 saturated carbocycles. The molecule has 0 aliphatic rings. The van der Waals surface area contributed by atoms with E-state index in [2.05, 4.69) is 5.32 Å². The minimum atomic E-state index is -0.333. The van der Waals surface area contributed by atoms with E-state index >= 15 is 0 Å². The summed E-state index contributed by atoms with van der Waals surface area (Å²) in [7, 11) is 0. The molecule has 0 heterocycles. The SMILES string of the molecule is Cc1ccc(N)c(C(=O)NCc2ccccc2F)c1. The summed E-state index contributed by atoms with van der Waals surface area (Å²) < 4.78 is 13.4. The molecule has 0 atom stereocenters. The summed E-state index contributed by atoms with van der Waals surface area (Å²) in [6, 6.07) is 11.6. The molecule has 0 fully saturated rings. The van der Waals surface area contributed by atoms with Crippen molar-refractivity contribution in [3.05, 3.63) is 65.0 Å². The number of nitrogen functional groups attached to an aromatic ring is 1. The number of nitrogens with one attached hydrogen (secondary N) is 1. The summed E-state index contributed by atoms with van der Waals surface area (Å²) in [6.07, 6.45) is 0. The first kappa shape index (κ1) is 13.1. The van der Waals surface area contributed by atoms with Gasteiger partial charge in [-0.25, -0.2) is 4.39 Å². The third-order valence-corrected chi connectivity index (χ3v) is 2.85. The average Bonchev–Trinajstić information content (AvgIpc) is 2.40. The van der Waals surface area contributed by atoms with E-state index in [4.69, 9.17) is 5.73 Å². The fraction of sp³-hybridized carbons (Fsp3) is 0.133. The van der Waals surface area contributed by atoms with E-state index < -0.39 is 0 Å². The maximum Gasteiger partial charge on any atom is 0.253 e. The molecular formula is C15H15FN2O. The smallest absolute Gasteiger partial charge is 0.253 e. The van der Waals surface area contributed by atoms with Crippen LogP contribution in [0.4, 0.5) is 10.1 Å². The van der Waals surface area contributed by atoms with Crippen molar-refractivity contribution in [2.75, 3.05) is 5.73 Å². The van der Waals surface area contributed by atoms with Crippen molar-refractivity contribution in [2.45, 2.75) is 13.5 Å². The van der Waals surface area contributed by atoms with Crippen LogP contribution in [-0.4, -0.2) is 5.91 Å². The number of carbonyl (C=O) groups excluding carboxylic acids is 1. The number of anilines is 1. The fourth-order valence-corrected chi connectivity index (χ4v) is 1.78. The van der Waals surface area contributed by atoms with Crippen molar-refractivity contribution in [1.82, 2.24) is 5.32 Å². The molecule has 2 aromatic carbocycles. The number of hydrogen-bond donors (Lipinski definition) is 2. The predicted molar refractivity (Wildman–Crippen MR) is 73.2 cm³/mol. The molecule has 1 amide bonds. The van der Waals surface area contributed by atoms with Crippen molar-refractivity contribution in [2.24, 2.45) is 0 Å². The average molecular weight is 258 g/mol. The number of carbonyl (C=O) groups is 1. The quantitative estimate of drug-likeness (QED) is 0.831. The van der Waals surface area contributed by atoms with Crippen LogP contribution >= 0.6 is 0 Å². The van der Waals surface area contributed by atoms with Crippen LogP contribution in [0.15, 0.2) is 42.5 Å². The van der Waals surface area contributed by atoms with Crippen LogP contribution in [0, 0.1) is 12.7 Å². The molecule has 3 nitrogen and oxygen atoms in total. The minimum Gasteiger partial charge on any atom is -0.398 e. The second-order valence-electron chi connectivity index (χ2n) is 4.36. The van der Waals surface area contributed by atoms with Crippen LogP contribution in [-0.2, 0) is 6.54 Å². The van der Waals surface area contributed by atoms with Crippen LogP contribution in [0.25, 0.3) is 0 Å². The lowest BCUT2D eigenvalue weighted by Crippen LogP contribution is -2.24. The predicted octanol–water partition coefficient (Wildman–Crippen LogP) is 2.65. The first-order chi connectivity index (χ1) is 9.08. The van der Waals surface area contributed by atoms with E-state index in [0.29, 0.717) is 16.8 Å². The Labute approximate surface area is 111 Å². The van der Waals surface area contributed by atoms with E-state index in [9.17, 15) is 9.18 Å². The largest absolute Gasteiger partial charge is 0.398 e. The summed E-state index contributed by atoms with van der Waals surface area (Å²) in [5, 5.41) is 2.67. The molecule has 2 aromatic rings. The van der Waals surface area contributed by atoms with Crippen molar-refractivity contribution in [3.63, 3.8) is 0 Å². The van der Waals surface area contributed by atoms with E-state index in [1.54, 1.807) is 30.3 Å². The lowest BCUT2D eigenvalue weighted by atomic mass is 10.1. The number of nitrogens with two attached hydrogens (primary N) is 1. The van der Waals surface area contributed by atoms with Gasteiger partial charge in [-0.15, -0.1) is 0 Å². The number of rotatable bonds is 3. The summed E-state index contributed by atoms with van der Waals surface area (Å²) in [5.74, 6) is -0.635. The second-order valence-corrected chi connectivity index (χ2v) is 4.36. The summed E-state index contributed by atoms with van der Waals surface area (Å²) in [6.45, 7) is 2.02. The molecule has 19 heavy (non-hydrogen) atoms. The number of aryl methyl sites for hydroxylation is 1. The van der Waals surface area contributed by atoms with Gasteiger partial charge in [0.1, 0.15) is 5.82 Å². The molecule has 0 unspecified atom stereocenters. The lowest BCUT2D eigenvalue weighted by Gasteiger charge is -2.09. The topological polar surface area (TPSA) is 55.1 Å². The van der Waals surface area contributed by atoms with Crippen molar-refractivity contribution < 1.29 is 9.18 Å². The molecule has 2 rings (SSSR count). The summed E-state index contributed by atoms with van der Waals surface area (Å²) in [4.78, 5) is 12.0. The van der Waals surface area contributed by atoms with Gasteiger partial charge in [0.15, 0.2) is 0 Å². The highest BCUT2D eigenvalue weighted by Crippen LogP contribution is 2.14. The Bertz CT molecular complexity index is 611. The molecule has 0 bridgehead atoms. The van der Waals surface area contributed by atoms with Crippen molar-refractivity contribution in [3.8, 4) is 0 Å². The normalized spacial score (nSPS) is 10.2. The Balaban J connectivity index is 2.10. The zero-order chi connectivity index (χ0) is 13.8. The second kappa shape index (κ2) is 5.52. The monoisotopic (exact) mass is 258 g/mol. The zero-order valence-electron chi connectivity index (χ0n) is 10.6. The van der Waals surface area contributed by atoms with Crippen LogP contribution in [0.2, 0.25) is 0 Å². The highest BCUT2D eigenvalue weighted by molar-refractivity contribution is 5.99. The molecule has 0 aliphatic carbocycles. The van der Waals surface area contributed by atoms with E-state index in [0.717, 1.165) is 5.56 Å². The van der Waals surface area contributed by atoms with E-state index in [1.807, 2.05) is 13.0 Å². The van der Waals surface area contributed by atoms with Gasteiger partial charge in [-0.1, -0.05) is 29.8 Å². The first-order valence-corrected chi connectivity index (χ1v) is 5.95. The molecule has 0 radical (unpaired) electrons. The van der Waals surface area contributed by atoms with Gasteiger partial charge in [-0.05, 0) is 25.1 Å². The van der Waals surface area contributed by atoms with Crippen molar-refractivity contribution in [1.29, 1.82) is 0 Å². The molecular weight excluding hydrogens is 243 g/mol. The number of amides is 1. The molecule has 4 heteroatoms. The van der Waals surface area contributed by atoms with Gasteiger partial charge >= 0.3 is 0 Å². The molecule has 98 valence electrons. The van der Waals surface area contributed by atoms with Gasteiger partial charge in [0.05, 0.1) is 5.56 Å². The molecule has 0 aromatic heterocycles. The van der Waals surface area contributed by atoms with Gasteiger partial charge in [0.2, 0.25) is 0 Å². The Kier molecular flexibility index (Phi) is 3.80. The highest BCUT2D eigenvalue weighted by atomic mass is 19.1. The van der Waals surface area contributed by atoms with Gasteiger partial charge in [0.25, 0.3) is 5.91 Å². The van der Waals surface area contributed by atoms with Gasteiger partial charge in [-0.2, -0.15) is 0 Å². The third kappa shape index (κ3) is 3.10. The Hall–Kier alpha value is -2.36. The zero-order valence-corrected chi connectivity index (χ0v) is 10.6. The minimum absolute atomic E-state index is 0.138. The van der Waals surface area contributed by atoms with Crippen LogP contribution in [0.5, 0.6) is 0 Å². The Morgan fingerprint density at radius 3 is 2.74 bits per heavy atom. The van der Waals surface area contributed by atoms with Crippen molar-refractivity contribution >= 4 is 11.6 Å². The molecule has 3 N–H and O–H groups in total. The number of halogens is 1.